The molecule has 3 N–H and O–H groups in total. The van der Waals surface area contributed by atoms with Gasteiger partial charge < -0.3 is 11.1 Å². The van der Waals surface area contributed by atoms with Gasteiger partial charge in [0.15, 0.2) is 0 Å². The van der Waals surface area contributed by atoms with Gasteiger partial charge in [0, 0.05) is 10.6 Å². The average Bonchev–Trinajstić information content (AvgIpc) is 2.33. The Kier molecular flexibility index (Phi) is 3.71. The van der Waals surface area contributed by atoms with Gasteiger partial charge in [0.1, 0.15) is 5.82 Å². The predicted molar refractivity (Wildman–Crippen MR) is 75.0 cm³/mol. The molecule has 2 aromatic carbocycles. The fourth-order valence-corrected chi connectivity index (χ4v) is 1.93. The van der Waals surface area contributed by atoms with Crippen molar-refractivity contribution >= 4 is 28.9 Å². The number of nitrogen functional groups attached to an aromatic ring is 1. The van der Waals surface area contributed by atoms with Gasteiger partial charge in [0.2, 0.25) is 0 Å². The van der Waals surface area contributed by atoms with Crippen LogP contribution in [0.3, 0.4) is 0 Å². The van der Waals surface area contributed by atoms with Gasteiger partial charge in [-0.15, -0.1) is 0 Å². The Morgan fingerprint density at radius 1 is 1.26 bits per heavy atom. The van der Waals surface area contributed by atoms with Crippen molar-refractivity contribution in [3.05, 3.63) is 58.4 Å². The number of nitrogens with one attached hydrogen (secondary N) is 1. The van der Waals surface area contributed by atoms with E-state index in [1.807, 2.05) is 0 Å². The molecule has 98 valence electrons. The standard InChI is InChI=1S/C14H12ClFN2O/c1-8-6-9(15)2-4-11(8)14(19)18-13-7-10(16)3-5-12(13)17/h2-7H,17H2,1H3,(H,18,19). The SMILES string of the molecule is Cc1cc(Cl)ccc1C(=O)Nc1cc(F)ccc1N. The van der Waals surface area contributed by atoms with Gasteiger partial charge in [-0.2, -0.15) is 0 Å². The van der Waals surface area contributed by atoms with E-state index in [2.05, 4.69) is 5.32 Å². The van der Waals surface area contributed by atoms with Gasteiger partial charge in [-0.3, -0.25) is 4.79 Å². The van der Waals surface area contributed by atoms with Crippen LogP contribution in [0.2, 0.25) is 5.02 Å². The molecule has 0 atom stereocenters. The molecule has 3 nitrogen and oxygen atoms in total. The lowest BCUT2D eigenvalue weighted by molar-refractivity contribution is 0.102. The van der Waals surface area contributed by atoms with Crippen LogP contribution in [0.4, 0.5) is 15.8 Å². The second-order valence-corrected chi connectivity index (χ2v) is 4.58. The summed E-state index contributed by atoms with van der Waals surface area (Å²) >= 11 is 5.83. The van der Waals surface area contributed by atoms with Gasteiger partial charge in [-0.05, 0) is 48.9 Å². The van der Waals surface area contributed by atoms with Crippen molar-refractivity contribution < 1.29 is 9.18 Å². The lowest BCUT2D eigenvalue weighted by atomic mass is 10.1. The minimum atomic E-state index is -0.461. The lowest BCUT2D eigenvalue weighted by Gasteiger charge is -2.10. The van der Waals surface area contributed by atoms with Gasteiger partial charge in [0.25, 0.3) is 5.91 Å². The monoisotopic (exact) mass is 278 g/mol. The van der Waals surface area contributed by atoms with Gasteiger partial charge >= 0.3 is 0 Å². The van der Waals surface area contributed by atoms with Crippen LogP contribution in [0.15, 0.2) is 36.4 Å². The van der Waals surface area contributed by atoms with Gasteiger partial charge in [0.05, 0.1) is 11.4 Å². The minimum Gasteiger partial charge on any atom is -0.397 e. The molecule has 2 aromatic rings. The van der Waals surface area contributed by atoms with E-state index in [0.29, 0.717) is 16.3 Å². The number of rotatable bonds is 2. The van der Waals surface area contributed by atoms with Crippen molar-refractivity contribution in [3.8, 4) is 0 Å². The molecule has 0 spiro atoms. The topological polar surface area (TPSA) is 55.1 Å². The number of benzene rings is 2. The van der Waals surface area contributed by atoms with E-state index in [0.717, 1.165) is 5.56 Å². The molecule has 0 aliphatic carbocycles. The van der Waals surface area contributed by atoms with E-state index in [4.69, 9.17) is 17.3 Å². The summed E-state index contributed by atoms with van der Waals surface area (Å²) in [5, 5.41) is 3.14. The third-order valence-electron chi connectivity index (χ3n) is 2.70. The molecule has 0 bridgehead atoms. The second kappa shape index (κ2) is 5.28. The van der Waals surface area contributed by atoms with E-state index in [1.165, 1.54) is 18.2 Å². The summed E-state index contributed by atoms with van der Waals surface area (Å²) in [5.41, 5.74) is 7.43. The third-order valence-corrected chi connectivity index (χ3v) is 2.93. The van der Waals surface area contributed by atoms with Crippen molar-refractivity contribution in [3.63, 3.8) is 0 Å². The van der Waals surface area contributed by atoms with Crippen molar-refractivity contribution in [2.24, 2.45) is 0 Å². The molecule has 0 fully saturated rings. The van der Waals surface area contributed by atoms with Crippen LogP contribution in [0.5, 0.6) is 0 Å². The van der Waals surface area contributed by atoms with Crippen LogP contribution in [0.25, 0.3) is 0 Å². The maximum Gasteiger partial charge on any atom is 0.255 e. The molecule has 0 aromatic heterocycles. The molecule has 0 aliphatic rings. The Morgan fingerprint density at radius 2 is 2.00 bits per heavy atom. The summed E-state index contributed by atoms with van der Waals surface area (Å²) in [5.74, 6) is -0.816. The molecule has 0 aliphatic heterocycles. The zero-order valence-electron chi connectivity index (χ0n) is 10.2. The molecule has 0 radical (unpaired) electrons. The van der Waals surface area contributed by atoms with E-state index in [-0.39, 0.29) is 11.6 Å². The number of aryl methyl sites for hydroxylation is 1. The zero-order chi connectivity index (χ0) is 14.0. The maximum atomic E-state index is 13.1. The first-order valence-corrected chi connectivity index (χ1v) is 5.97. The second-order valence-electron chi connectivity index (χ2n) is 4.14. The van der Waals surface area contributed by atoms with Crippen molar-refractivity contribution in [1.82, 2.24) is 0 Å². The van der Waals surface area contributed by atoms with E-state index < -0.39 is 5.82 Å². The summed E-state index contributed by atoms with van der Waals surface area (Å²) in [6, 6.07) is 8.74. The highest BCUT2D eigenvalue weighted by atomic mass is 35.5. The highest BCUT2D eigenvalue weighted by Gasteiger charge is 2.11. The molecular formula is C14H12ClFN2O. The van der Waals surface area contributed by atoms with E-state index in [9.17, 15) is 9.18 Å². The highest BCUT2D eigenvalue weighted by molar-refractivity contribution is 6.30. The number of anilines is 2. The van der Waals surface area contributed by atoms with E-state index in [1.54, 1.807) is 25.1 Å². The number of carbonyl (C=O) groups is 1. The van der Waals surface area contributed by atoms with Gasteiger partial charge in [-0.25, -0.2) is 4.39 Å². The lowest BCUT2D eigenvalue weighted by Crippen LogP contribution is -2.14. The first-order chi connectivity index (χ1) is 8.97. The summed E-state index contributed by atoms with van der Waals surface area (Å²) in [6.07, 6.45) is 0. The summed E-state index contributed by atoms with van der Waals surface area (Å²) in [4.78, 5) is 12.1. The Bertz CT molecular complexity index is 643. The summed E-state index contributed by atoms with van der Waals surface area (Å²) in [6.45, 7) is 1.77. The number of nitrogens with two attached hydrogens (primary N) is 1. The van der Waals surface area contributed by atoms with Crippen LogP contribution in [0, 0.1) is 12.7 Å². The number of hydrogen-bond acceptors (Lipinski definition) is 2. The average molecular weight is 279 g/mol. The van der Waals surface area contributed by atoms with Crippen molar-refractivity contribution in [2.45, 2.75) is 6.92 Å². The third kappa shape index (κ3) is 3.03. The Hall–Kier alpha value is -2.07. The molecule has 0 heterocycles. The minimum absolute atomic E-state index is 0.249. The summed E-state index contributed by atoms with van der Waals surface area (Å²) < 4.78 is 13.1. The fourth-order valence-electron chi connectivity index (χ4n) is 1.71. The molecule has 5 heteroatoms. The van der Waals surface area contributed by atoms with Crippen LogP contribution < -0.4 is 11.1 Å². The fraction of sp³-hybridized carbons (Fsp3) is 0.0714. The molecular weight excluding hydrogens is 267 g/mol. The largest absolute Gasteiger partial charge is 0.397 e. The maximum absolute atomic E-state index is 13.1. The Morgan fingerprint density at radius 3 is 2.68 bits per heavy atom. The van der Waals surface area contributed by atoms with Gasteiger partial charge in [-0.1, -0.05) is 11.6 Å². The molecule has 19 heavy (non-hydrogen) atoms. The Labute approximate surface area is 115 Å². The van der Waals surface area contributed by atoms with Crippen LogP contribution in [-0.4, -0.2) is 5.91 Å². The Balaban J connectivity index is 2.28. The molecule has 0 saturated carbocycles. The first kappa shape index (κ1) is 13.4. The smallest absolute Gasteiger partial charge is 0.255 e. The number of carbonyl (C=O) groups excluding carboxylic acids is 1. The number of halogens is 2. The molecule has 1 amide bonds. The van der Waals surface area contributed by atoms with Crippen LogP contribution >= 0.6 is 11.6 Å². The normalized spacial score (nSPS) is 10.3. The number of amides is 1. The van der Waals surface area contributed by atoms with Crippen LogP contribution in [-0.2, 0) is 0 Å². The quantitative estimate of drug-likeness (QED) is 0.824. The zero-order valence-corrected chi connectivity index (χ0v) is 11.0. The van der Waals surface area contributed by atoms with Crippen LogP contribution in [0.1, 0.15) is 15.9 Å². The summed E-state index contributed by atoms with van der Waals surface area (Å²) in [7, 11) is 0. The molecule has 0 saturated heterocycles. The van der Waals surface area contributed by atoms with E-state index >= 15 is 0 Å². The van der Waals surface area contributed by atoms with Crippen molar-refractivity contribution in [1.29, 1.82) is 0 Å². The highest BCUT2D eigenvalue weighted by Crippen LogP contribution is 2.21. The first-order valence-electron chi connectivity index (χ1n) is 5.60. The molecule has 2 rings (SSSR count). The number of hydrogen-bond donors (Lipinski definition) is 2. The predicted octanol–water partition coefficient (Wildman–Crippen LogP) is 3.62. The molecule has 0 unspecified atom stereocenters. The van der Waals surface area contributed by atoms with Crippen molar-refractivity contribution in [2.75, 3.05) is 11.1 Å².